The maximum Gasteiger partial charge on any atom is 0.443 e. The van der Waals surface area contributed by atoms with Crippen molar-refractivity contribution >= 4 is 0 Å². The smallest absolute Gasteiger partial charge is 0.329 e. The van der Waals surface area contributed by atoms with Crippen LogP contribution in [0.25, 0.3) is 0 Å². The minimum atomic E-state index is -4.78. The third-order valence-electron chi connectivity index (χ3n) is 7.03. The summed E-state index contributed by atoms with van der Waals surface area (Å²) < 4.78 is 59.4. The standard InChI is InChI=1S/C19H25F3O5/c1-5-10-23-18(19(20,21)22)12(3)14-7-6-11(2)13-8-9-16(4)24-15(25-18)17(13,14)27-26-16/h1,11-15H,6-10H2,2-4H3/t11-,12-,13+,14+,15+,16+,17-,18-/m1/s1. The molecule has 0 aromatic rings. The van der Waals surface area contributed by atoms with Crippen LogP contribution in [0.15, 0.2) is 0 Å². The van der Waals surface area contributed by atoms with E-state index in [2.05, 4.69) is 12.8 Å². The van der Waals surface area contributed by atoms with Crippen LogP contribution < -0.4 is 0 Å². The van der Waals surface area contributed by atoms with E-state index < -0.39 is 48.1 Å². The molecule has 5 nitrogen and oxygen atoms in total. The molecule has 0 N–H and O–H groups in total. The van der Waals surface area contributed by atoms with E-state index >= 15 is 0 Å². The zero-order valence-corrected chi connectivity index (χ0v) is 15.7. The summed E-state index contributed by atoms with van der Waals surface area (Å²) in [5, 5.41) is 0. The first kappa shape index (κ1) is 19.5. The molecule has 152 valence electrons. The van der Waals surface area contributed by atoms with E-state index in [-0.39, 0.29) is 11.8 Å². The van der Waals surface area contributed by atoms with Crippen molar-refractivity contribution in [2.75, 3.05) is 6.61 Å². The van der Waals surface area contributed by atoms with Gasteiger partial charge in [0, 0.05) is 18.3 Å². The lowest BCUT2D eigenvalue weighted by molar-refractivity contribution is -0.598. The minimum absolute atomic E-state index is 0.0214. The molecule has 5 aliphatic rings. The Hall–Kier alpha value is -0.850. The molecule has 4 saturated heterocycles. The van der Waals surface area contributed by atoms with Crippen molar-refractivity contribution in [3.63, 3.8) is 0 Å². The van der Waals surface area contributed by atoms with Crippen LogP contribution in [-0.2, 0) is 24.0 Å². The van der Waals surface area contributed by atoms with Crippen LogP contribution in [0.4, 0.5) is 13.2 Å². The molecule has 4 heterocycles. The molecule has 1 aliphatic carbocycles. The van der Waals surface area contributed by atoms with Crippen molar-refractivity contribution in [3.05, 3.63) is 0 Å². The molecule has 0 unspecified atom stereocenters. The number of rotatable bonds is 2. The monoisotopic (exact) mass is 390 g/mol. The lowest BCUT2D eigenvalue weighted by Crippen LogP contribution is -2.76. The summed E-state index contributed by atoms with van der Waals surface area (Å²) in [6, 6.07) is 0. The molecule has 1 spiro atoms. The lowest BCUT2D eigenvalue weighted by Gasteiger charge is -2.62. The molecule has 4 aliphatic heterocycles. The SMILES string of the molecule is C#CCO[C@@]1(C(F)(F)F)O[C@@H]2O[C@]3(C)CC[C@H]4[C@H](C)CC[C@@H]([C@H]1C)[C@@]24OO3. The van der Waals surface area contributed by atoms with Crippen molar-refractivity contribution in [1.29, 1.82) is 0 Å². The van der Waals surface area contributed by atoms with Gasteiger partial charge in [0.15, 0.2) is 11.9 Å². The summed E-state index contributed by atoms with van der Waals surface area (Å²) in [5.41, 5.74) is -1.08. The molecule has 8 heteroatoms. The fraction of sp³-hybridized carbons (Fsp3) is 0.895. The van der Waals surface area contributed by atoms with E-state index in [1.54, 1.807) is 6.92 Å². The number of terminal acetylenes is 1. The molecule has 0 aromatic heterocycles. The van der Waals surface area contributed by atoms with Crippen LogP contribution in [0.3, 0.4) is 0 Å². The topological polar surface area (TPSA) is 46.2 Å². The van der Waals surface area contributed by atoms with Gasteiger partial charge in [-0.1, -0.05) is 19.8 Å². The van der Waals surface area contributed by atoms with Crippen LogP contribution in [0.2, 0.25) is 0 Å². The van der Waals surface area contributed by atoms with E-state index in [0.717, 1.165) is 12.8 Å². The van der Waals surface area contributed by atoms with Crippen molar-refractivity contribution < 1.29 is 37.2 Å². The molecule has 0 aromatic carbocycles. The van der Waals surface area contributed by atoms with E-state index in [4.69, 9.17) is 30.4 Å². The van der Waals surface area contributed by atoms with Crippen LogP contribution in [0.5, 0.6) is 0 Å². The summed E-state index contributed by atoms with van der Waals surface area (Å²) in [4.78, 5) is 11.5. The van der Waals surface area contributed by atoms with Crippen molar-refractivity contribution in [3.8, 4) is 12.3 Å². The summed E-state index contributed by atoms with van der Waals surface area (Å²) in [7, 11) is 0. The Morgan fingerprint density at radius 1 is 1.11 bits per heavy atom. The fourth-order valence-corrected chi connectivity index (χ4v) is 5.64. The maximum atomic E-state index is 14.2. The summed E-state index contributed by atoms with van der Waals surface area (Å²) >= 11 is 0. The van der Waals surface area contributed by atoms with Crippen molar-refractivity contribution in [2.24, 2.45) is 23.7 Å². The molecule has 0 radical (unpaired) electrons. The van der Waals surface area contributed by atoms with Gasteiger partial charge in [-0.2, -0.15) is 13.2 Å². The molecular weight excluding hydrogens is 365 g/mol. The van der Waals surface area contributed by atoms with Gasteiger partial charge in [0.05, 0.1) is 0 Å². The first-order chi connectivity index (χ1) is 12.6. The van der Waals surface area contributed by atoms with Crippen LogP contribution in [0.1, 0.15) is 46.5 Å². The molecular formula is C19H25F3O5. The van der Waals surface area contributed by atoms with Crippen LogP contribution in [-0.4, -0.2) is 36.2 Å². The Bertz CT molecular complexity index is 648. The molecule has 0 amide bonds. The molecule has 5 fully saturated rings. The average molecular weight is 390 g/mol. The third kappa shape index (κ3) is 2.52. The lowest BCUT2D eigenvalue weighted by atomic mass is 9.57. The number of hydrogen-bond acceptors (Lipinski definition) is 5. The average Bonchev–Trinajstić information content (AvgIpc) is 2.82. The van der Waals surface area contributed by atoms with E-state index in [1.807, 2.05) is 0 Å². The highest BCUT2D eigenvalue weighted by Gasteiger charge is 2.77. The fourth-order valence-electron chi connectivity index (χ4n) is 5.64. The number of halogens is 3. The third-order valence-corrected chi connectivity index (χ3v) is 7.03. The number of fused-ring (bicyclic) bond motifs is 2. The Balaban J connectivity index is 1.83. The molecule has 27 heavy (non-hydrogen) atoms. The van der Waals surface area contributed by atoms with Crippen molar-refractivity contribution in [2.45, 2.75) is 76.1 Å². The van der Waals surface area contributed by atoms with Gasteiger partial charge < -0.3 is 14.2 Å². The second kappa shape index (κ2) is 6.07. The predicted molar refractivity (Wildman–Crippen MR) is 86.6 cm³/mol. The predicted octanol–water partition coefficient (Wildman–Crippen LogP) is 3.78. The van der Waals surface area contributed by atoms with Gasteiger partial charge in [-0.25, -0.2) is 9.78 Å². The highest BCUT2D eigenvalue weighted by atomic mass is 19.4. The maximum absolute atomic E-state index is 14.2. The number of hydrogen-bond donors (Lipinski definition) is 0. The quantitative estimate of drug-likeness (QED) is 0.531. The largest absolute Gasteiger partial charge is 0.443 e. The van der Waals surface area contributed by atoms with E-state index in [9.17, 15) is 13.2 Å². The van der Waals surface area contributed by atoms with Gasteiger partial charge in [0.1, 0.15) is 6.61 Å². The zero-order valence-electron chi connectivity index (χ0n) is 15.7. The van der Waals surface area contributed by atoms with Crippen LogP contribution >= 0.6 is 0 Å². The van der Waals surface area contributed by atoms with Gasteiger partial charge in [0.25, 0.3) is 5.79 Å². The van der Waals surface area contributed by atoms with E-state index in [0.29, 0.717) is 12.8 Å². The van der Waals surface area contributed by atoms with Crippen molar-refractivity contribution in [1.82, 2.24) is 0 Å². The summed E-state index contributed by atoms with van der Waals surface area (Å²) in [5.74, 6) is -3.16. The molecule has 1 saturated carbocycles. The Morgan fingerprint density at radius 3 is 2.52 bits per heavy atom. The number of ether oxygens (including phenoxy) is 3. The Morgan fingerprint density at radius 2 is 1.85 bits per heavy atom. The van der Waals surface area contributed by atoms with Gasteiger partial charge >= 0.3 is 6.18 Å². The van der Waals surface area contributed by atoms with Gasteiger partial charge in [-0.05, 0) is 38.0 Å². The Labute approximate surface area is 156 Å². The minimum Gasteiger partial charge on any atom is -0.329 e. The summed E-state index contributed by atoms with van der Waals surface area (Å²) in [6.45, 7) is 4.75. The molecule has 2 bridgehead atoms. The van der Waals surface area contributed by atoms with Crippen LogP contribution in [0, 0.1) is 36.0 Å². The van der Waals surface area contributed by atoms with Gasteiger partial charge in [-0.3, -0.25) is 0 Å². The van der Waals surface area contributed by atoms with E-state index in [1.165, 1.54) is 6.92 Å². The highest BCUT2D eigenvalue weighted by Crippen LogP contribution is 2.64. The first-order valence-corrected chi connectivity index (χ1v) is 9.46. The summed E-state index contributed by atoms with van der Waals surface area (Å²) in [6.07, 6.45) is 1.76. The second-order valence-corrected chi connectivity index (χ2v) is 8.47. The first-order valence-electron chi connectivity index (χ1n) is 9.46. The highest BCUT2D eigenvalue weighted by molar-refractivity contribution is 5.12. The van der Waals surface area contributed by atoms with Gasteiger partial charge in [-0.15, -0.1) is 6.42 Å². The Kier molecular flexibility index (Phi) is 4.38. The zero-order chi connectivity index (χ0) is 19.7. The van der Waals surface area contributed by atoms with Gasteiger partial charge in [0.2, 0.25) is 5.79 Å². The second-order valence-electron chi connectivity index (χ2n) is 8.47. The normalized spacial score (nSPS) is 52.0. The molecule has 8 atom stereocenters. The molecule has 5 rings (SSSR count). The number of alkyl halides is 3.